The lowest BCUT2D eigenvalue weighted by molar-refractivity contribution is 0.0700. The molecule has 0 bridgehead atoms. The summed E-state index contributed by atoms with van der Waals surface area (Å²) in [5.74, 6) is 1.52. The summed E-state index contributed by atoms with van der Waals surface area (Å²) in [7, 11) is 0. The smallest absolute Gasteiger partial charge is 0.263 e. The lowest BCUT2D eigenvalue weighted by Crippen LogP contribution is -2.38. The number of nitrogens with zero attached hydrogens (tertiary/aromatic N) is 3. The number of aryl methyl sites for hydroxylation is 1. The number of hydrogen-bond donors (Lipinski definition) is 0. The Hall–Kier alpha value is -1.21. The van der Waals surface area contributed by atoms with Crippen molar-refractivity contribution in [3.05, 3.63) is 32.5 Å². The van der Waals surface area contributed by atoms with Crippen molar-refractivity contribution in [2.45, 2.75) is 25.7 Å². The summed E-state index contributed by atoms with van der Waals surface area (Å²) in [6.07, 6.45) is 1.95. The molecule has 1 amide bonds. The van der Waals surface area contributed by atoms with Crippen LogP contribution in [0, 0.1) is 6.92 Å². The molecular formula is C13H14BrN3O2S. The molecule has 0 aliphatic carbocycles. The van der Waals surface area contributed by atoms with Gasteiger partial charge < -0.3 is 9.42 Å². The molecule has 2 aromatic heterocycles. The zero-order valence-corrected chi connectivity index (χ0v) is 13.4. The fraction of sp³-hybridized carbons (Fsp3) is 0.462. The molecule has 1 saturated heterocycles. The van der Waals surface area contributed by atoms with E-state index < -0.39 is 0 Å². The molecule has 1 aliphatic rings. The van der Waals surface area contributed by atoms with Crippen LogP contribution >= 0.6 is 27.3 Å². The number of piperidine rings is 1. The predicted molar refractivity (Wildman–Crippen MR) is 78.9 cm³/mol. The molecule has 1 atom stereocenters. The minimum absolute atomic E-state index is 0.0848. The van der Waals surface area contributed by atoms with Crippen LogP contribution in [0.1, 0.15) is 40.1 Å². The number of carbonyl (C=O) groups excluding carboxylic acids is 1. The van der Waals surface area contributed by atoms with E-state index in [1.54, 1.807) is 0 Å². The van der Waals surface area contributed by atoms with E-state index in [4.69, 9.17) is 4.52 Å². The molecule has 1 unspecified atom stereocenters. The number of hydrogen-bond acceptors (Lipinski definition) is 5. The van der Waals surface area contributed by atoms with Gasteiger partial charge in [0.1, 0.15) is 0 Å². The Morgan fingerprint density at radius 3 is 3.05 bits per heavy atom. The highest BCUT2D eigenvalue weighted by molar-refractivity contribution is 9.11. The molecule has 1 fully saturated rings. The van der Waals surface area contributed by atoms with Crippen molar-refractivity contribution in [2.75, 3.05) is 13.1 Å². The molecule has 3 heterocycles. The van der Waals surface area contributed by atoms with Crippen molar-refractivity contribution < 1.29 is 9.32 Å². The van der Waals surface area contributed by atoms with Crippen LogP contribution in [0.25, 0.3) is 0 Å². The van der Waals surface area contributed by atoms with Crippen LogP contribution in [0.15, 0.2) is 20.4 Å². The first-order valence-corrected chi connectivity index (χ1v) is 8.09. The van der Waals surface area contributed by atoms with E-state index >= 15 is 0 Å². The summed E-state index contributed by atoms with van der Waals surface area (Å²) in [4.78, 5) is 19.4. The summed E-state index contributed by atoms with van der Waals surface area (Å²) in [5, 5.41) is 3.83. The van der Waals surface area contributed by atoms with Crippen LogP contribution in [0.4, 0.5) is 0 Å². The van der Waals surface area contributed by atoms with Gasteiger partial charge in [-0.1, -0.05) is 5.16 Å². The van der Waals surface area contributed by atoms with Crippen molar-refractivity contribution in [3.63, 3.8) is 0 Å². The molecule has 7 heteroatoms. The van der Waals surface area contributed by atoms with Crippen LogP contribution in [0.2, 0.25) is 0 Å². The Morgan fingerprint density at radius 2 is 2.40 bits per heavy atom. The second-order valence-electron chi connectivity index (χ2n) is 4.87. The highest BCUT2D eigenvalue weighted by Crippen LogP contribution is 2.29. The number of thiophene rings is 1. The lowest BCUT2D eigenvalue weighted by atomic mass is 9.98. The monoisotopic (exact) mass is 355 g/mol. The SMILES string of the molecule is Cc1noc(C2CCCN(C(=O)c3ccc(Br)s3)C2)n1. The lowest BCUT2D eigenvalue weighted by Gasteiger charge is -2.30. The Labute approximate surface area is 129 Å². The molecular weight excluding hydrogens is 342 g/mol. The van der Waals surface area contributed by atoms with E-state index in [-0.39, 0.29) is 11.8 Å². The fourth-order valence-corrected chi connectivity index (χ4v) is 3.78. The normalized spacial score (nSPS) is 19.3. The number of aromatic nitrogens is 2. The zero-order chi connectivity index (χ0) is 14.1. The third-order valence-electron chi connectivity index (χ3n) is 3.39. The van der Waals surface area contributed by atoms with E-state index in [1.165, 1.54) is 11.3 Å². The van der Waals surface area contributed by atoms with Gasteiger partial charge in [0.05, 0.1) is 14.6 Å². The minimum Gasteiger partial charge on any atom is -0.339 e. The molecule has 2 aromatic rings. The molecule has 0 spiro atoms. The van der Waals surface area contributed by atoms with Crippen LogP contribution in [0.3, 0.4) is 0 Å². The van der Waals surface area contributed by atoms with Crippen LogP contribution in [-0.2, 0) is 0 Å². The first-order chi connectivity index (χ1) is 9.63. The van der Waals surface area contributed by atoms with Gasteiger partial charge in [-0.15, -0.1) is 11.3 Å². The van der Waals surface area contributed by atoms with Crippen molar-refractivity contribution >= 4 is 33.2 Å². The van der Waals surface area contributed by atoms with E-state index in [9.17, 15) is 4.79 Å². The maximum Gasteiger partial charge on any atom is 0.263 e. The predicted octanol–water partition coefficient (Wildman–Crippen LogP) is 3.22. The molecule has 106 valence electrons. The van der Waals surface area contributed by atoms with E-state index in [1.807, 2.05) is 24.0 Å². The fourth-order valence-electron chi connectivity index (χ4n) is 2.43. The minimum atomic E-state index is 0.0848. The first-order valence-electron chi connectivity index (χ1n) is 6.48. The molecule has 1 aliphatic heterocycles. The number of likely N-dealkylation sites (tertiary alicyclic amines) is 1. The Morgan fingerprint density at radius 1 is 1.55 bits per heavy atom. The zero-order valence-electron chi connectivity index (χ0n) is 11.0. The van der Waals surface area contributed by atoms with E-state index in [0.29, 0.717) is 18.3 Å². The second-order valence-corrected chi connectivity index (χ2v) is 7.34. The molecule has 0 aromatic carbocycles. The summed E-state index contributed by atoms with van der Waals surface area (Å²) < 4.78 is 6.21. The number of amides is 1. The molecule has 20 heavy (non-hydrogen) atoms. The van der Waals surface area contributed by atoms with Gasteiger partial charge in [0.25, 0.3) is 5.91 Å². The average molecular weight is 356 g/mol. The van der Waals surface area contributed by atoms with Crippen LogP contribution < -0.4 is 0 Å². The van der Waals surface area contributed by atoms with E-state index in [0.717, 1.165) is 28.0 Å². The van der Waals surface area contributed by atoms with Gasteiger partial charge in [-0.2, -0.15) is 4.98 Å². The summed E-state index contributed by atoms with van der Waals surface area (Å²) in [5.41, 5.74) is 0. The Bertz CT molecular complexity index is 625. The van der Waals surface area contributed by atoms with Gasteiger partial charge in [-0.05, 0) is 47.8 Å². The van der Waals surface area contributed by atoms with Crippen molar-refractivity contribution in [1.82, 2.24) is 15.0 Å². The number of halogens is 1. The van der Waals surface area contributed by atoms with Gasteiger partial charge in [0, 0.05) is 13.1 Å². The van der Waals surface area contributed by atoms with Gasteiger partial charge in [0.2, 0.25) is 5.89 Å². The van der Waals surface area contributed by atoms with Gasteiger partial charge >= 0.3 is 0 Å². The maximum atomic E-state index is 12.4. The molecule has 5 nitrogen and oxygen atoms in total. The quantitative estimate of drug-likeness (QED) is 0.829. The standard InChI is InChI=1S/C13H14BrN3O2S/c1-8-15-12(19-16-8)9-3-2-6-17(7-9)13(18)10-4-5-11(14)20-10/h4-5,9H,2-3,6-7H2,1H3. The van der Waals surface area contributed by atoms with Crippen molar-refractivity contribution in [3.8, 4) is 0 Å². The maximum absolute atomic E-state index is 12.4. The summed E-state index contributed by atoms with van der Waals surface area (Å²) >= 11 is 4.86. The largest absolute Gasteiger partial charge is 0.339 e. The summed E-state index contributed by atoms with van der Waals surface area (Å²) in [6.45, 7) is 3.25. The first kappa shape index (κ1) is 13.8. The third kappa shape index (κ3) is 2.78. The average Bonchev–Trinajstić information content (AvgIpc) is 3.07. The van der Waals surface area contributed by atoms with Crippen molar-refractivity contribution in [1.29, 1.82) is 0 Å². The second kappa shape index (κ2) is 5.65. The number of carbonyl (C=O) groups is 1. The molecule has 3 rings (SSSR count). The summed E-state index contributed by atoms with van der Waals surface area (Å²) in [6, 6.07) is 3.76. The Kier molecular flexibility index (Phi) is 3.89. The van der Waals surface area contributed by atoms with Gasteiger partial charge in [-0.3, -0.25) is 4.79 Å². The van der Waals surface area contributed by atoms with Gasteiger partial charge in [-0.25, -0.2) is 0 Å². The molecule has 0 radical (unpaired) electrons. The Balaban J connectivity index is 1.73. The highest BCUT2D eigenvalue weighted by Gasteiger charge is 2.29. The molecule has 0 N–H and O–H groups in total. The number of rotatable bonds is 2. The van der Waals surface area contributed by atoms with Crippen molar-refractivity contribution in [2.24, 2.45) is 0 Å². The molecule has 0 saturated carbocycles. The topological polar surface area (TPSA) is 59.2 Å². The van der Waals surface area contributed by atoms with Gasteiger partial charge in [0.15, 0.2) is 5.82 Å². The van der Waals surface area contributed by atoms with E-state index in [2.05, 4.69) is 26.1 Å². The van der Waals surface area contributed by atoms with Crippen LogP contribution in [-0.4, -0.2) is 34.0 Å². The van der Waals surface area contributed by atoms with Crippen LogP contribution in [0.5, 0.6) is 0 Å². The third-order valence-corrected chi connectivity index (χ3v) is 5.00. The highest BCUT2D eigenvalue weighted by atomic mass is 79.9.